The lowest BCUT2D eigenvalue weighted by Gasteiger charge is -2.18. The van der Waals surface area contributed by atoms with Gasteiger partial charge in [0.1, 0.15) is 0 Å². The molecule has 3 rings (SSSR count). The molecule has 3 nitrogen and oxygen atoms in total. The van der Waals surface area contributed by atoms with Crippen molar-refractivity contribution in [3.05, 3.63) is 60.0 Å². The number of aldehydes is 1. The fourth-order valence-electron chi connectivity index (χ4n) is 1.74. The van der Waals surface area contributed by atoms with Crippen molar-refractivity contribution in [3.63, 3.8) is 0 Å². The molecule has 1 aromatic carbocycles. The first-order valence-corrected chi connectivity index (χ1v) is 5.49. The van der Waals surface area contributed by atoms with E-state index in [9.17, 15) is 0 Å². The van der Waals surface area contributed by atoms with Crippen LogP contribution in [-0.4, -0.2) is 17.5 Å². The highest BCUT2D eigenvalue weighted by Gasteiger charge is 2.12. The minimum Gasteiger partial charge on any atom is -0.386 e. The second-order valence-corrected chi connectivity index (χ2v) is 3.76. The van der Waals surface area contributed by atoms with E-state index in [-0.39, 0.29) is 0 Å². The number of carbonyl (C=O) groups excluding carboxylic acids is 1. The molecule has 0 aliphatic carbocycles. The fraction of sp³-hybridized carbons (Fsp3) is 0.0714. The number of rotatable bonds is 2. The fourth-order valence-corrected chi connectivity index (χ4v) is 1.74. The van der Waals surface area contributed by atoms with Crippen molar-refractivity contribution in [2.24, 2.45) is 4.99 Å². The van der Waals surface area contributed by atoms with Gasteiger partial charge in [-0.1, -0.05) is 42.2 Å². The molecule has 0 spiro atoms. The molecule has 2 aromatic rings. The highest BCUT2D eigenvalue weighted by atomic mass is 16.4. The largest absolute Gasteiger partial charge is 0.386 e. The van der Waals surface area contributed by atoms with Gasteiger partial charge in [-0.25, -0.2) is 6.07 Å². The maximum atomic E-state index is 5.69. The Morgan fingerprint density at radius 3 is 3.06 bits per heavy atom. The van der Waals surface area contributed by atoms with Crippen LogP contribution in [-0.2, 0) is 0 Å². The maximum absolute atomic E-state index is 5.69. The van der Waals surface area contributed by atoms with Crippen LogP contribution in [0.2, 0.25) is 0 Å². The van der Waals surface area contributed by atoms with Gasteiger partial charge in [0.05, 0.1) is 0 Å². The van der Waals surface area contributed by atoms with Crippen molar-refractivity contribution < 1.29 is 4.42 Å². The molecule has 84 valence electrons. The second-order valence-electron chi connectivity index (χ2n) is 3.76. The van der Waals surface area contributed by atoms with E-state index < -0.39 is 0 Å². The average molecular weight is 223 g/mol. The lowest BCUT2D eigenvalue weighted by molar-refractivity contribution is -0.239. The van der Waals surface area contributed by atoms with Crippen LogP contribution in [0.5, 0.6) is 0 Å². The van der Waals surface area contributed by atoms with Crippen molar-refractivity contribution in [1.29, 1.82) is 0 Å². The first-order valence-electron chi connectivity index (χ1n) is 5.49. The summed E-state index contributed by atoms with van der Waals surface area (Å²) < 4.78 is 5.69. The quantitative estimate of drug-likeness (QED) is 0.438. The van der Waals surface area contributed by atoms with E-state index in [1.807, 2.05) is 42.6 Å². The number of fused-ring (bicyclic) bond motifs is 1. The molecule has 0 bridgehead atoms. The van der Waals surface area contributed by atoms with Gasteiger partial charge in [-0.15, -0.1) is 0 Å². The highest BCUT2D eigenvalue weighted by Crippen LogP contribution is 2.30. The summed E-state index contributed by atoms with van der Waals surface area (Å²) in [4.78, 5) is 8.51. The molecule has 0 saturated carbocycles. The Labute approximate surface area is 99.5 Å². The number of aliphatic imine (C=N–C) groups is 1. The number of hydrogen-bond acceptors (Lipinski definition) is 2. The smallest absolute Gasteiger partial charge is 0.223 e. The minimum absolute atomic E-state index is 0.688. The molecular weight excluding hydrogens is 212 g/mol. The number of nitrogens with zero attached hydrogens (tertiary/aromatic N) is 2. The monoisotopic (exact) mass is 223 g/mol. The van der Waals surface area contributed by atoms with Crippen LogP contribution in [0.3, 0.4) is 0 Å². The van der Waals surface area contributed by atoms with E-state index in [4.69, 9.17) is 4.42 Å². The summed E-state index contributed by atoms with van der Waals surface area (Å²) in [5, 5.41) is 0. The average Bonchev–Trinajstić information content (AvgIpc) is 2.86. The Morgan fingerprint density at radius 1 is 1.29 bits per heavy atom. The van der Waals surface area contributed by atoms with Gasteiger partial charge < -0.3 is 14.4 Å². The van der Waals surface area contributed by atoms with Crippen molar-refractivity contribution >= 4 is 18.2 Å². The minimum atomic E-state index is 0.688. The molecule has 0 atom stereocenters. The van der Waals surface area contributed by atoms with Crippen LogP contribution in [0.15, 0.2) is 47.6 Å². The first-order chi connectivity index (χ1) is 8.43. The molecule has 1 aliphatic heterocycles. The van der Waals surface area contributed by atoms with E-state index >= 15 is 0 Å². The SMILES string of the molecule is C1=Nc2[cH-]cnc2[C-]([O+]=Cc2ccccc2)C1. The van der Waals surface area contributed by atoms with Gasteiger partial charge in [0.25, 0.3) is 0 Å². The number of aromatic nitrogens is 1. The Bertz CT molecular complexity index is 555. The summed E-state index contributed by atoms with van der Waals surface area (Å²) in [6.45, 7) is 0. The Hall–Kier alpha value is -2.29. The molecule has 17 heavy (non-hydrogen) atoms. The zero-order chi connectivity index (χ0) is 11.5. The van der Waals surface area contributed by atoms with Gasteiger partial charge in [-0.3, -0.25) is 0 Å². The third-order valence-corrected chi connectivity index (χ3v) is 2.59. The molecule has 3 heteroatoms. The van der Waals surface area contributed by atoms with Crippen molar-refractivity contribution in [3.8, 4) is 0 Å². The van der Waals surface area contributed by atoms with Crippen molar-refractivity contribution in [1.82, 2.24) is 4.98 Å². The summed E-state index contributed by atoms with van der Waals surface area (Å²) in [5.74, 6) is 0. The first kappa shape index (κ1) is 9.90. The Kier molecular flexibility index (Phi) is 2.50. The van der Waals surface area contributed by atoms with Crippen molar-refractivity contribution in [2.45, 2.75) is 6.42 Å². The van der Waals surface area contributed by atoms with Gasteiger partial charge >= 0.3 is 0 Å². The van der Waals surface area contributed by atoms with Crippen LogP contribution in [0.1, 0.15) is 22.1 Å². The van der Waals surface area contributed by atoms with E-state index in [1.54, 1.807) is 12.5 Å². The summed E-state index contributed by atoms with van der Waals surface area (Å²) in [5.41, 5.74) is 2.77. The normalized spacial score (nSPS) is 14.2. The zero-order valence-corrected chi connectivity index (χ0v) is 9.21. The lowest BCUT2D eigenvalue weighted by atomic mass is 10.1. The van der Waals surface area contributed by atoms with E-state index in [0.717, 1.165) is 23.0 Å². The highest BCUT2D eigenvalue weighted by molar-refractivity contribution is 5.76. The van der Waals surface area contributed by atoms with E-state index in [1.165, 1.54) is 0 Å². The second kappa shape index (κ2) is 4.29. The lowest BCUT2D eigenvalue weighted by Crippen LogP contribution is -2.03. The molecule has 0 saturated heterocycles. The van der Waals surface area contributed by atoms with E-state index in [2.05, 4.69) is 9.98 Å². The zero-order valence-electron chi connectivity index (χ0n) is 9.21. The van der Waals surface area contributed by atoms with Gasteiger partial charge in [-0.05, 0) is 6.21 Å². The molecule has 1 aliphatic rings. The van der Waals surface area contributed by atoms with E-state index in [0.29, 0.717) is 6.42 Å². The Morgan fingerprint density at radius 2 is 2.18 bits per heavy atom. The maximum Gasteiger partial charge on any atom is 0.223 e. The third kappa shape index (κ3) is 1.99. The molecule has 0 amide bonds. The molecule has 1 aromatic heterocycles. The molecular formula is C14H11N2O-. The third-order valence-electron chi connectivity index (χ3n) is 2.59. The number of benzene rings is 1. The molecule has 0 fully saturated rings. The van der Waals surface area contributed by atoms with Gasteiger partial charge in [0.15, 0.2) is 6.10 Å². The molecule has 0 unspecified atom stereocenters. The molecule has 0 N–H and O–H groups in total. The summed E-state index contributed by atoms with van der Waals surface area (Å²) in [7, 11) is 0. The van der Waals surface area contributed by atoms with Crippen LogP contribution in [0.4, 0.5) is 5.69 Å². The summed E-state index contributed by atoms with van der Waals surface area (Å²) >= 11 is 0. The predicted molar refractivity (Wildman–Crippen MR) is 66.8 cm³/mol. The van der Waals surface area contributed by atoms with Crippen LogP contribution < -0.4 is 0 Å². The Balaban J connectivity index is 1.84. The van der Waals surface area contributed by atoms with Crippen LogP contribution in [0.25, 0.3) is 0 Å². The van der Waals surface area contributed by atoms with Crippen LogP contribution >= 0.6 is 0 Å². The number of hydrogen-bond donors (Lipinski definition) is 0. The summed E-state index contributed by atoms with van der Waals surface area (Å²) in [6, 6.07) is 11.8. The van der Waals surface area contributed by atoms with Gasteiger partial charge in [0, 0.05) is 12.0 Å². The van der Waals surface area contributed by atoms with Crippen LogP contribution in [0, 0.1) is 6.10 Å². The molecule has 0 radical (unpaired) electrons. The topological polar surface area (TPSA) is 36.5 Å². The van der Waals surface area contributed by atoms with Crippen molar-refractivity contribution in [2.75, 3.05) is 0 Å². The summed E-state index contributed by atoms with van der Waals surface area (Å²) in [6.07, 6.45) is 6.88. The molecule has 2 heterocycles. The predicted octanol–water partition coefficient (Wildman–Crippen LogP) is 2.83. The van der Waals surface area contributed by atoms with Gasteiger partial charge in [0.2, 0.25) is 6.29 Å². The standard InChI is InChI=1S/C14H11N2O/c1-2-4-11(5-3-1)10-17-13-7-9-15-12-6-8-16-14(12)13/h1-6,8-10H,7H2/q-1. The van der Waals surface area contributed by atoms with Gasteiger partial charge in [-0.2, -0.15) is 5.69 Å².